The minimum Gasteiger partial charge on any atom is -0.462 e. The van der Waals surface area contributed by atoms with Gasteiger partial charge in [-0.05, 0) is 20.8 Å². The van der Waals surface area contributed by atoms with Crippen LogP contribution in [0, 0.1) is 0 Å². The van der Waals surface area contributed by atoms with E-state index >= 15 is 0 Å². The van der Waals surface area contributed by atoms with Crippen molar-refractivity contribution in [1.29, 1.82) is 0 Å². The second-order valence-corrected chi connectivity index (χ2v) is 3.46. The summed E-state index contributed by atoms with van der Waals surface area (Å²) in [6.45, 7) is 8.06. The van der Waals surface area contributed by atoms with Gasteiger partial charge in [-0.2, -0.15) is 0 Å². The van der Waals surface area contributed by atoms with Crippen LogP contribution in [0.5, 0.6) is 0 Å². The van der Waals surface area contributed by atoms with E-state index in [1.54, 1.807) is 0 Å². The number of rotatable bonds is 1. The predicted molar refractivity (Wildman–Crippen MR) is 48.9 cm³/mol. The minimum absolute atomic E-state index is 0.318. The van der Waals surface area contributed by atoms with Crippen LogP contribution in [0.4, 0.5) is 0 Å². The molecule has 0 aromatic heterocycles. The maximum absolute atomic E-state index is 9.60. The Bertz CT molecular complexity index is 141. The van der Waals surface area contributed by atoms with Gasteiger partial charge in [0.15, 0.2) is 0 Å². The first-order chi connectivity index (χ1) is 5.56. The van der Waals surface area contributed by atoms with Gasteiger partial charge in [0, 0.05) is 13.1 Å². The third-order valence-corrected chi connectivity index (χ3v) is 1.09. The van der Waals surface area contributed by atoms with E-state index in [1.807, 2.05) is 20.8 Å². The summed E-state index contributed by atoms with van der Waals surface area (Å²) in [6, 6.07) is 0. The molecule has 0 bridgehead atoms. The van der Waals surface area contributed by atoms with Crippen molar-refractivity contribution < 1.29 is 9.53 Å². The van der Waals surface area contributed by atoms with Crippen LogP contribution in [0.3, 0.4) is 0 Å². The Morgan fingerprint density at radius 2 is 1.83 bits per heavy atom. The van der Waals surface area contributed by atoms with Crippen LogP contribution < -0.4 is 5.32 Å². The molecule has 0 aromatic carbocycles. The van der Waals surface area contributed by atoms with Crippen LogP contribution in [0.25, 0.3) is 0 Å². The van der Waals surface area contributed by atoms with Crippen molar-refractivity contribution in [2.24, 2.45) is 0 Å². The Labute approximate surface area is 73.8 Å². The van der Waals surface area contributed by atoms with Gasteiger partial charge < -0.3 is 10.1 Å². The second kappa shape index (κ2) is 5.77. The first kappa shape index (κ1) is 11.2. The summed E-state index contributed by atoms with van der Waals surface area (Å²) in [5, 5.41) is 3.11. The monoisotopic (exact) mass is 171 g/mol. The van der Waals surface area contributed by atoms with Gasteiger partial charge in [-0.15, -0.1) is 0 Å². The van der Waals surface area contributed by atoms with Gasteiger partial charge in [-0.1, -0.05) is 12.2 Å². The van der Waals surface area contributed by atoms with E-state index < -0.39 is 0 Å². The highest BCUT2D eigenvalue weighted by Crippen LogP contribution is 2.02. The lowest BCUT2D eigenvalue weighted by Gasteiger charge is -2.14. The van der Waals surface area contributed by atoms with Gasteiger partial charge >= 0.3 is 0 Å². The van der Waals surface area contributed by atoms with E-state index in [-0.39, 0.29) is 5.60 Å². The topological polar surface area (TPSA) is 38.3 Å². The van der Waals surface area contributed by atoms with Crippen molar-refractivity contribution in [1.82, 2.24) is 5.32 Å². The fourth-order valence-electron chi connectivity index (χ4n) is 0.561. The average Bonchev–Trinajstić information content (AvgIpc) is 2.38. The van der Waals surface area contributed by atoms with E-state index in [2.05, 4.69) is 22.2 Å². The number of carbonyl (C=O) groups excluding carboxylic acids is 1. The predicted octanol–water partition coefficient (Wildman–Crippen LogP) is 1.10. The summed E-state index contributed by atoms with van der Waals surface area (Å²) >= 11 is 0. The van der Waals surface area contributed by atoms with Gasteiger partial charge in [-0.25, -0.2) is 0 Å². The van der Waals surface area contributed by atoms with E-state index in [0.29, 0.717) is 6.47 Å². The van der Waals surface area contributed by atoms with Crippen LogP contribution >= 0.6 is 0 Å². The zero-order valence-corrected chi connectivity index (χ0v) is 7.96. The maximum Gasteiger partial charge on any atom is 0.293 e. The minimum atomic E-state index is -0.318. The standard InChI is InChI=1S/C5H10O2.C4H7N/c1-5(2,3)7-4-6;1-2-4-5-3-1/h4H,1-3H3;1-2,5H,3-4H2. The molecule has 0 atom stereocenters. The largest absolute Gasteiger partial charge is 0.462 e. The van der Waals surface area contributed by atoms with Crippen LogP contribution in [0.15, 0.2) is 12.2 Å². The third-order valence-electron chi connectivity index (χ3n) is 1.09. The first-order valence-electron chi connectivity index (χ1n) is 4.03. The van der Waals surface area contributed by atoms with Crippen molar-refractivity contribution in [3.8, 4) is 0 Å². The summed E-state index contributed by atoms with van der Waals surface area (Å²) in [6.07, 6.45) is 4.25. The Morgan fingerprint density at radius 1 is 1.33 bits per heavy atom. The lowest BCUT2D eigenvalue weighted by atomic mass is 10.2. The fourth-order valence-corrected chi connectivity index (χ4v) is 0.561. The molecule has 1 aliphatic heterocycles. The van der Waals surface area contributed by atoms with Crippen molar-refractivity contribution in [2.45, 2.75) is 26.4 Å². The highest BCUT2D eigenvalue weighted by molar-refractivity contribution is 5.37. The fraction of sp³-hybridized carbons (Fsp3) is 0.667. The average molecular weight is 171 g/mol. The van der Waals surface area contributed by atoms with Crippen molar-refractivity contribution >= 4 is 6.47 Å². The zero-order chi connectivity index (χ0) is 9.45. The summed E-state index contributed by atoms with van der Waals surface area (Å²) in [7, 11) is 0. The summed E-state index contributed by atoms with van der Waals surface area (Å²) < 4.78 is 4.55. The highest BCUT2D eigenvalue weighted by Gasteiger charge is 2.07. The second-order valence-electron chi connectivity index (χ2n) is 3.46. The van der Waals surface area contributed by atoms with Crippen molar-refractivity contribution in [3.05, 3.63) is 12.2 Å². The van der Waals surface area contributed by atoms with Gasteiger partial charge in [-0.3, -0.25) is 4.79 Å². The molecule has 0 aliphatic carbocycles. The molecule has 0 aromatic rings. The van der Waals surface area contributed by atoms with Crippen LogP contribution in [0.2, 0.25) is 0 Å². The normalized spacial score (nSPS) is 14.9. The summed E-state index contributed by atoms with van der Waals surface area (Å²) in [5.41, 5.74) is -0.318. The number of hydrogen-bond donors (Lipinski definition) is 1. The molecule has 0 spiro atoms. The molecule has 0 saturated carbocycles. The highest BCUT2D eigenvalue weighted by atomic mass is 16.5. The molecule has 3 heteroatoms. The molecular weight excluding hydrogens is 154 g/mol. The number of hydrogen-bond acceptors (Lipinski definition) is 3. The first-order valence-corrected chi connectivity index (χ1v) is 4.03. The van der Waals surface area contributed by atoms with Gasteiger partial charge in [0.25, 0.3) is 6.47 Å². The van der Waals surface area contributed by atoms with E-state index in [9.17, 15) is 4.79 Å². The molecule has 12 heavy (non-hydrogen) atoms. The number of carbonyl (C=O) groups is 1. The molecule has 0 unspecified atom stereocenters. The Hall–Kier alpha value is -0.830. The summed E-state index contributed by atoms with van der Waals surface area (Å²) in [5.74, 6) is 0. The third kappa shape index (κ3) is 9.17. The Balaban J connectivity index is 0.000000211. The quantitative estimate of drug-likeness (QED) is 0.474. The molecule has 0 fully saturated rings. The smallest absolute Gasteiger partial charge is 0.293 e. The van der Waals surface area contributed by atoms with Gasteiger partial charge in [0.1, 0.15) is 5.60 Å². The lowest BCUT2D eigenvalue weighted by Crippen LogP contribution is -2.17. The molecule has 1 rings (SSSR count). The molecule has 1 heterocycles. The van der Waals surface area contributed by atoms with Crippen LogP contribution in [-0.2, 0) is 9.53 Å². The van der Waals surface area contributed by atoms with Crippen molar-refractivity contribution in [2.75, 3.05) is 13.1 Å². The number of nitrogens with one attached hydrogen (secondary N) is 1. The molecule has 1 N–H and O–H groups in total. The Morgan fingerprint density at radius 3 is 1.92 bits per heavy atom. The van der Waals surface area contributed by atoms with E-state index in [4.69, 9.17) is 0 Å². The molecule has 0 radical (unpaired) electrons. The lowest BCUT2D eigenvalue weighted by molar-refractivity contribution is -0.138. The maximum atomic E-state index is 9.60. The molecular formula is C9H17NO2. The van der Waals surface area contributed by atoms with Gasteiger partial charge in [0.2, 0.25) is 0 Å². The molecule has 70 valence electrons. The molecule has 3 nitrogen and oxygen atoms in total. The van der Waals surface area contributed by atoms with E-state index in [1.165, 1.54) is 0 Å². The number of ether oxygens (including phenoxy) is 1. The summed E-state index contributed by atoms with van der Waals surface area (Å²) in [4.78, 5) is 9.60. The SMILES string of the molecule is C1=CCNC1.CC(C)(C)OC=O. The molecule has 0 amide bonds. The molecule has 0 saturated heterocycles. The molecule has 1 aliphatic rings. The van der Waals surface area contributed by atoms with Crippen LogP contribution in [-0.4, -0.2) is 25.2 Å². The van der Waals surface area contributed by atoms with Crippen LogP contribution in [0.1, 0.15) is 20.8 Å². The zero-order valence-electron chi connectivity index (χ0n) is 7.96. The van der Waals surface area contributed by atoms with Crippen molar-refractivity contribution in [3.63, 3.8) is 0 Å². The Kier molecular flexibility index (Phi) is 5.37. The van der Waals surface area contributed by atoms with E-state index in [0.717, 1.165) is 13.1 Å². The van der Waals surface area contributed by atoms with Gasteiger partial charge in [0.05, 0.1) is 0 Å².